The Labute approximate surface area is 118 Å². The second kappa shape index (κ2) is 6.73. The number of para-hydroxylation sites is 2. The molecule has 2 aromatic carbocycles. The fraction of sp³-hybridized carbons (Fsp3) is 0.188. The van der Waals surface area contributed by atoms with Crippen molar-refractivity contribution in [3.05, 3.63) is 60.2 Å². The molecular weight excluding hydrogens is 252 g/mol. The van der Waals surface area contributed by atoms with E-state index in [-0.39, 0.29) is 18.5 Å². The fourth-order valence-electron chi connectivity index (χ4n) is 1.91. The predicted molar refractivity (Wildman–Crippen MR) is 78.6 cm³/mol. The Balaban J connectivity index is 2.15. The summed E-state index contributed by atoms with van der Waals surface area (Å²) in [7, 11) is 0. The minimum atomic E-state index is -0.377. The third-order valence-electron chi connectivity index (χ3n) is 2.94. The molecule has 0 radical (unpaired) electrons. The number of nitrogens with two attached hydrogens (primary N) is 1. The molecule has 4 nitrogen and oxygen atoms in total. The third-order valence-corrected chi connectivity index (χ3v) is 2.94. The van der Waals surface area contributed by atoms with E-state index in [0.717, 1.165) is 17.1 Å². The summed E-state index contributed by atoms with van der Waals surface area (Å²) in [4.78, 5) is 10.8. The van der Waals surface area contributed by atoms with Gasteiger partial charge in [0.15, 0.2) is 0 Å². The topological polar surface area (TPSA) is 64.3 Å². The Morgan fingerprint density at radius 1 is 1.15 bits per heavy atom. The summed E-state index contributed by atoms with van der Waals surface area (Å²) in [5, 5.41) is 3.07. The van der Waals surface area contributed by atoms with Gasteiger partial charge in [-0.3, -0.25) is 4.79 Å². The monoisotopic (exact) mass is 270 g/mol. The van der Waals surface area contributed by atoms with Gasteiger partial charge < -0.3 is 15.8 Å². The smallest absolute Gasteiger partial charge is 0.231 e. The van der Waals surface area contributed by atoms with Crippen LogP contribution < -0.4 is 15.8 Å². The van der Waals surface area contributed by atoms with Crippen molar-refractivity contribution in [3.63, 3.8) is 0 Å². The van der Waals surface area contributed by atoms with Crippen molar-refractivity contribution in [2.24, 2.45) is 5.73 Å². The molecule has 4 heteroatoms. The Hall–Kier alpha value is -2.33. The molecule has 1 atom stereocenters. The molecule has 2 aromatic rings. The van der Waals surface area contributed by atoms with Crippen molar-refractivity contribution in [1.29, 1.82) is 0 Å². The number of hydrogen-bond donors (Lipinski definition) is 2. The summed E-state index contributed by atoms with van der Waals surface area (Å²) >= 11 is 0. The standard InChI is InChI=1S/C16H18N2O2/c1-12(18-11-16(17)19)14-9-5-6-10-15(14)20-13-7-3-2-4-8-13/h2-10,12,18H,11H2,1H3,(H2,17,19). The normalized spacial score (nSPS) is 11.8. The lowest BCUT2D eigenvalue weighted by Crippen LogP contribution is -2.30. The van der Waals surface area contributed by atoms with Crippen LogP contribution in [0.25, 0.3) is 0 Å². The highest BCUT2D eigenvalue weighted by atomic mass is 16.5. The van der Waals surface area contributed by atoms with Crippen LogP contribution in [-0.2, 0) is 4.79 Å². The molecule has 0 aliphatic rings. The van der Waals surface area contributed by atoms with E-state index in [1.807, 2.05) is 61.5 Å². The fourth-order valence-corrected chi connectivity index (χ4v) is 1.91. The van der Waals surface area contributed by atoms with E-state index in [1.165, 1.54) is 0 Å². The maximum Gasteiger partial charge on any atom is 0.231 e. The van der Waals surface area contributed by atoms with Crippen LogP contribution in [0, 0.1) is 0 Å². The van der Waals surface area contributed by atoms with Crippen LogP contribution in [0.2, 0.25) is 0 Å². The van der Waals surface area contributed by atoms with Crippen LogP contribution in [0.4, 0.5) is 0 Å². The Bertz CT molecular complexity index is 570. The number of hydrogen-bond acceptors (Lipinski definition) is 3. The minimum absolute atomic E-state index is 0.0255. The van der Waals surface area contributed by atoms with Gasteiger partial charge in [0, 0.05) is 11.6 Å². The van der Waals surface area contributed by atoms with E-state index in [0.29, 0.717) is 0 Å². The molecule has 3 N–H and O–H groups in total. The minimum Gasteiger partial charge on any atom is -0.457 e. The zero-order valence-electron chi connectivity index (χ0n) is 11.4. The first-order chi connectivity index (χ1) is 9.66. The third kappa shape index (κ3) is 3.83. The van der Waals surface area contributed by atoms with Crippen molar-refractivity contribution < 1.29 is 9.53 Å². The zero-order valence-corrected chi connectivity index (χ0v) is 11.4. The van der Waals surface area contributed by atoms with Gasteiger partial charge in [-0.05, 0) is 25.1 Å². The van der Waals surface area contributed by atoms with Gasteiger partial charge in [-0.25, -0.2) is 0 Å². The van der Waals surface area contributed by atoms with Gasteiger partial charge in [0.05, 0.1) is 6.54 Å². The maximum atomic E-state index is 10.8. The number of carbonyl (C=O) groups excluding carboxylic acids is 1. The summed E-state index contributed by atoms with van der Waals surface area (Å²) in [6.45, 7) is 2.11. The molecule has 1 unspecified atom stereocenters. The first kappa shape index (κ1) is 14.1. The lowest BCUT2D eigenvalue weighted by atomic mass is 10.1. The van der Waals surface area contributed by atoms with E-state index in [4.69, 9.17) is 10.5 Å². The Morgan fingerprint density at radius 3 is 2.50 bits per heavy atom. The average Bonchev–Trinajstić information content (AvgIpc) is 2.46. The Kier molecular flexibility index (Phi) is 4.74. The van der Waals surface area contributed by atoms with Crippen LogP contribution in [0.15, 0.2) is 54.6 Å². The highest BCUT2D eigenvalue weighted by Crippen LogP contribution is 2.29. The van der Waals surface area contributed by atoms with E-state index in [9.17, 15) is 4.79 Å². The van der Waals surface area contributed by atoms with Gasteiger partial charge in [-0.15, -0.1) is 0 Å². The lowest BCUT2D eigenvalue weighted by Gasteiger charge is -2.17. The number of amides is 1. The zero-order chi connectivity index (χ0) is 14.4. The first-order valence-electron chi connectivity index (χ1n) is 6.50. The molecule has 0 saturated carbocycles. The number of carbonyl (C=O) groups is 1. The van der Waals surface area contributed by atoms with Crippen LogP contribution in [0.5, 0.6) is 11.5 Å². The summed E-state index contributed by atoms with van der Waals surface area (Å²) < 4.78 is 5.88. The highest BCUT2D eigenvalue weighted by molar-refractivity contribution is 5.75. The van der Waals surface area contributed by atoms with Gasteiger partial charge in [-0.1, -0.05) is 36.4 Å². The molecule has 1 amide bonds. The molecule has 0 bridgehead atoms. The molecule has 0 fully saturated rings. The number of nitrogens with one attached hydrogen (secondary N) is 1. The molecular formula is C16H18N2O2. The van der Waals surface area contributed by atoms with Crippen LogP contribution >= 0.6 is 0 Å². The first-order valence-corrected chi connectivity index (χ1v) is 6.50. The molecule has 0 saturated heterocycles. The van der Waals surface area contributed by atoms with Crippen LogP contribution in [0.1, 0.15) is 18.5 Å². The van der Waals surface area contributed by atoms with Gasteiger partial charge >= 0.3 is 0 Å². The van der Waals surface area contributed by atoms with Crippen molar-refractivity contribution >= 4 is 5.91 Å². The molecule has 0 aliphatic heterocycles. The van der Waals surface area contributed by atoms with Gasteiger partial charge in [0.2, 0.25) is 5.91 Å². The summed E-state index contributed by atoms with van der Waals surface area (Å²) in [6, 6.07) is 17.3. The van der Waals surface area contributed by atoms with Gasteiger partial charge in [-0.2, -0.15) is 0 Å². The van der Waals surface area contributed by atoms with Gasteiger partial charge in [0.1, 0.15) is 11.5 Å². The molecule has 0 aliphatic carbocycles. The lowest BCUT2D eigenvalue weighted by molar-refractivity contribution is -0.117. The molecule has 2 rings (SSSR count). The summed E-state index contributed by atoms with van der Waals surface area (Å²) in [5.74, 6) is 1.17. The molecule has 0 heterocycles. The number of benzene rings is 2. The van der Waals surface area contributed by atoms with E-state index in [1.54, 1.807) is 0 Å². The largest absolute Gasteiger partial charge is 0.457 e. The second-order valence-corrected chi connectivity index (χ2v) is 4.52. The van der Waals surface area contributed by atoms with E-state index >= 15 is 0 Å². The molecule has 0 aromatic heterocycles. The highest BCUT2D eigenvalue weighted by Gasteiger charge is 2.12. The van der Waals surface area contributed by atoms with E-state index < -0.39 is 0 Å². The quantitative estimate of drug-likeness (QED) is 0.848. The second-order valence-electron chi connectivity index (χ2n) is 4.52. The van der Waals surface area contributed by atoms with Crippen molar-refractivity contribution in [2.75, 3.05) is 6.54 Å². The summed E-state index contributed by atoms with van der Waals surface area (Å²) in [6.07, 6.45) is 0. The van der Waals surface area contributed by atoms with Crippen LogP contribution in [0.3, 0.4) is 0 Å². The van der Waals surface area contributed by atoms with Crippen LogP contribution in [-0.4, -0.2) is 12.5 Å². The summed E-state index contributed by atoms with van der Waals surface area (Å²) in [5.41, 5.74) is 6.13. The van der Waals surface area contributed by atoms with Gasteiger partial charge in [0.25, 0.3) is 0 Å². The van der Waals surface area contributed by atoms with Crippen molar-refractivity contribution in [3.8, 4) is 11.5 Å². The van der Waals surface area contributed by atoms with Crippen molar-refractivity contribution in [1.82, 2.24) is 5.32 Å². The average molecular weight is 270 g/mol. The van der Waals surface area contributed by atoms with E-state index in [2.05, 4.69) is 5.32 Å². The maximum absolute atomic E-state index is 10.8. The number of ether oxygens (including phenoxy) is 1. The molecule has 104 valence electrons. The van der Waals surface area contributed by atoms with Crippen molar-refractivity contribution in [2.45, 2.75) is 13.0 Å². The Morgan fingerprint density at radius 2 is 1.80 bits per heavy atom. The molecule has 0 spiro atoms. The predicted octanol–water partition coefficient (Wildman–Crippen LogP) is 2.61. The SMILES string of the molecule is CC(NCC(N)=O)c1ccccc1Oc1ccccc1. The molecule has 20 heavy (non-hydrogen) atoms. The number of primary amides is 1. The number of rotatable bonds is 6.